The molecule has 0 aliphatic carbocycles. The number of hydrogen-bond donors (Lipinski definition) is 2. The number of benzene rings is 1. The molecule has 0 amide bonds. The third-order valence-electron chi connectivity index (χ3n) is 5.34. The van der Waals surface area contributed by atoms with E-state index < -0.39 is 20.0 Å². The third kappa shape index (κ3) is 3.93. The minimum Gasteiger partial charge on any atom is -0.311 e. The smallest absolute Gasteiger partial charge is 0.243 e. The van der Waals surface area contributed by atoms with Crippen LogP contribution < -0.4 is 10.0 Å². The number of nitrogens with zero attached hydrogens (tertiary/aromatic N) is 1. The summed E-state index contributed by atoms with van der Waals surface area (Å²) < 4.78 is 53.6. The molecule has 0 spiro atoms. The van der Waals surface area contributed by atoms with E-state index in [0.29, 0.717) is 17.6 Å². The predicted molar refractivity (Wildman–Crippen MR) is 103 cm³/mol. The minimum atomic E-state index is -3.66. The van der Waals surface area contributed by atoms with Gasteiger partial charge in [0.1, 0.15) is 0 Å². The zero-order chi connectivity index (χ0) is 18.4. The summed E-state index contributed by atoms with van der Waals surface area (Å²) in [5.41, 5.74) is 0.411. The van der Waals surface area contributed by atoms with Crippen molar-refractivity contribution in [1.29, 1.82) is 0 Å². The Morgan fingerprint density at radius 3 is 2.19 bits per heavy atom. The molecule has 2 bridgehead atoms. The molecule has 2 N–H and O–H groups in total. The van der Waals surface area contributed by atoms with Gasteiger partial charge in [-0.15, -0.1) is 12.4 Å². The van der Waals surface area contributed by atoms with Crippen LogP contribution in [0.4, 0.5) is 0 Å². The van der Waals surface area contributed by atoms with E-state index in [2.05, 4.69) is 10.0 Å². The number of fused-ring (bicyclic) bond motifs is 2. The Balaban J connectivity index is 0.00000243. The summed E-state index contributed by atoms with van der Waals surface area (Å²) in [6.45, 7) is 1.61. The molecule has 2 aliphatic rings. The van der Waals surface area contributed by atoms with Crippen molar-refractivity contribution in [2.45, 2.75) is 60.5 Å². The van der Waals surface area contributed by atoms with Crippen LogP contribution >= 0.6 is 12.4 Å². The van der Waals surface area contributed by atoms with E-state index in [-0.39, 0.29) is 28.2 Å². The molecule has 2 heterocycles. The van der Waals surface area contributed by atoms with Crippen molar-refractivity contribution < 1.29 is 16.8 Å². The van der Waals surface area contributed by atoms with Gasteiger partial charge in [0, 0.05) is 25.2 Å². The third-order valence-corrected chi connectivity index (χ3v) is 8.82. The maximum Gasteiger partial charge on any atom is 0.243 e. The fourth-order valence-corrected chi connectivity index (χ4v) is 6.29. The Morgan fingerprint density at radius 2 is 1.69 bits per heavy atom. The number of piperidine rings is 1. The lowest BCUT2D eigenvalue weighted by Gasteiger charge is -2.34. The summed E-state index contributed by atoms with van der Waals surface area (Å²) in [7, 11) is -4.31. The molecule has 2 atom stereocenters. The highest BCUT2D eigenvalue weighted by molar-refractivity contribution is 7.89. The first-order valence-electron chi connectivity index (χ1n) is 8.43. The van der Waals surface area contributed by atoms with Crippen LogP contribution in [0.3, 0.4) is 0 Å². The van der Waals surface area contributed by atoms with Crippen LogP contribution in [-0.2, 0) is 20.0 Å². The first-order valence-corrected chi connectivity index (χ1v) is 11.4. The van der Waals surface area contributed by atoms with Crippen molar-refractivity contribution in [2.75, 3.05) is 14.1 Å². The zero-order valence-electron chi connectivity index (χ0n) is 15.1. The monoisotopic (exact) mass is 423 g/mol. The fraction of sp³-hybridized carbons (Fsp3) is 0.625. The molecule has 2 unspecified atom stereocenters. The lowest BCUT2D eigenvalue weighted by Crippen LogP contribution is -2.48. The van der Waals surface area contributed by atoms with Gasteiger partial charge < -0.3 is 5.32 Å². The molecular weight excluding hydrogens is 398 g/mol. The van der Waals surface area contributed by atoms with Gasteiger partial charge in [-0.05, 0) is 63.4 Å². The molecule has 2 fully saturated rings. The van der Waals surface area contributed by atoms with E-state index in [0.717, 1.165) is 25.7 Å². The van der Waals surface area contributed by atoms with Crippen molar-refractivity contribution in [3.8, 4) is 0 Å². The summed E-state index contributed by atoms with van der Waals surface area (Å²) in [5, 5.41) is 3.51. The van der Waals surface area contributed by atoms with Gasteiger partial charge in [0.15, 0.2) is 0 Å². The second-order valence-electron chi connectivity index (χ2n) is 6.92. The molecule has 2 saturated heterocycles. The molecule has 1 aromatic carbocycles. The van der Waals surface area contributed by atoms with Crippen LogP contribution in [0, 0.1) is 6.92 Å². The Kier molecular flexibility index (Phi) is 6.42. The Hall–Kier alpha value is -0.710. The van der Waals surface area contributed by atoms with E-state index >= 15 is 0 Å². The second-order valence-corrected chi connectivity index (χ2v) is 10.8. The van der Waals surface area contributed by atoms with Gasteiger partial charge in [-0.2, -0.15) is 4.31 Å². The van der Waals surface area contributed by atoms with E-state index in [1.165, 1.54) is 29.6 Å². The SMILES string of the molecule is CNS(=O)(=O)c1ccc(S(=O)(=O)N(C)C2CC3CCC(C2)N3)cc1C.Cl. The average molecular weight is 424 g/mol. The molecule has 0 saturated carbocycles. The largest absolute Gasteiger partial charge is 0.311 e. The number of rotatable bonds is 5. The molecule has 26 heavy (non-hydrogen) atoms. The zero-order valence-corrected chi connectivity index (χ0v) is 17.5. The topological polar surface area (TPSA) is 95.6 Å². The highest BCUT2D eigenvalue weighted by Crippen LogP contribution is 2.32. The van der Waals surface area contributed by atoms with Crippen molar-refractivity contribution >= 4 is 32.5 Å². The van der Waals surface area contributed by atoms with Gasteiger partial charge >= 0.3 is 0 Å². The van der Waals surface area contributed by atoms with Gasteiger partial charge in [-0.3, -0.25) is 0 Å². The van der Waals surface area contributed by atoms with Gasteiger partial charge in [0.25, 0.3) is 0 Å². The summed E-state index contributed by atoms with van der Waals surface area (Å²) >= 11 is 0. The Bertz CT molecular complexity index is 861. The van der Waals surface area contributed by atoms with Crippen molar-refractivity contribution in [1.82, 2.24) is 14.3 Å². The van der Waals surface area contributed by atoms with Crippen LogP contribution in [0.2, 0.25) is 0 Å². The average Bonchev–Trinajstić information content (AvgIpc) is 2.91. The summed E-state index contributed by atoms with van der Waals surface area (Å²) in [6.07, 6.45) is 3.84. The maximum atomic E-state index is 13.0. The van der Waals surface area contributed by atoms with Crippen molar-refractivity contribution in [3.05, 3.63) is 23.8 Å². The standard InChI is InChI=1S/C16H25N3O4S2.ClH/c1-11-8-15(6-7-16(11)24(20,21)17-2)25(22,23)19(3)14-9-12-4-5-13(10-14)18-12;/h6-8,12-14,17-18H,4-5,9-10H2,1-3H3;1H. The lowest BCUT2D eigenvalue weighted by atomic mass is 10.0. The Labute approximate surface area is 162 Å². The lowest BCUT2D eigenvalue weighted by molar-refractivity contribution is 0.251. The first-order chi connectivity index (χ1) is 11.6. The van der Waals surface area contributed by atoms with Gasteiger partial charge in [0.2, 0.25) is 20.0 Å². The fourth-order valence-electron chi connectivity index (χ4n) is 3.88. The van der Waals surface area contributed by atoms with Crippen LogP contribution in [0.1, 0.15) is 31.2 Å². The van der Waals surface area contributed by atoms with Crippen molar-refractivity contribution in [3.63, 3.8) is 0 Å². The number of halogens is 1. The highest BCUT2D eigenvalue weighted by Gasteiger charge is 2.38. The molecule has 7 nitrogen and oxygen atoms in total. The molecule has 1 aromatic rings. The van der Waals surface area contributed by atoms with Crippen LogP contribution in [0.25, 0.3) is 0 Å². The molecular formula is C16H26ClN3O4S2. The summed E-state index contributed by atoms with van der Waals surface area (Å²) in [4.78, 5) is 0.227. The molecule has 2 aliphatic heterocycles. The highest BCUT2D eigenvalue weighted by atomic mass is 35.5. The van der Waals surface area contributed by atoms with Gasteiger partial charge in [-0.1, -0.05) is 0 Å². The molecule has 0 aromatic heterocycles. The van der Waals surface area contributed by atoms with Gasteiger partial charge in [0.05, 0.1) is 9.79 Å². The molecule has 10 heteroatoms. The van der Waals surface area contributed by atoms with Gasteiger partial charge in [-0.25, -0.2) is 21.6 Å². The molecule has 0 radical (unpaired) electrons. The maximum absolute atomic E-state index is 13.0. The minimum absolute atomic E-state index is 0. The number of aryl methyl sites for hydroxylation is 1. The normalized spacial score (nSPS) is 25.9. The second kappa shape index (κ2) is 7.73. The van der Waals surface area contributed by atoms with Crippen LogP contribution in [-0.4, -0.2) is 53.4 Å². The van der Waals surface area contributed by atoms with Crippen LogP contribution in [0.15, 0.2) is 28.0 Å². The van der Waals surface area contributed by atoms with E-state index in [1.54, 1.807) is 14.0 Å². The summed E-state index contributed by atoms with van der Waals surface area (Å²) in [6, 6.07) is 4.93. The van der Waals surface area contributed by atoms with Crippen molar-refractivity contribution in [2.24, 2.45) is 0 Å². The number of sulfonamides is 2. The summed E-state index contributed by atoms with van der Waals surface area (Å²) in [5.74, 6) is 0. The number of hydrogen-bond acceptors (Lipinski definition) is 5. The predicted octanol–water partition coefficient (Wildman–Crippen LogP) is 1.23. The van der Waals surface area contributed by atoms with E-state index in [1.807, 2.05) is 0 Å². The quantitative estimate of drug-likeness (QED) is 0.742. The van der Waals surface area contributed by atoms with Crippen LogP contribution in [0.5, 0.6) is 0 Å². The first kappa shape index (κ1) is 21.6. The number of nitrogens with one attached hydrogen (secondary N) is 2. The Morgan fingerprint density at radius 1 is 1.12 bits per heavy atom. The molecule has 3 rings (SSSR count). The van der Waals surface area contributed by atoms with E-state index in [9.17, 15) is 16.8 Å². The molecule has 148 valence electrons. The van der Waals surface area contributed by atoms with E-state index in [4.69, 9.17) is 0 Å².